The summed E-state index contributed by atoms with van der Waals surface area (Å²) >= 11 is 0. The molecule has 2 atom stereocenters. The van der Waals surface area contributed by atoms with Crippen LogP contribution in [0.5, 0.6) is 5.75 Å². The van der Waals surface area contributed by atoms with E-state index in [0.717, 1.165) is 37.4 Å². The molecule has 1 saturated heterocycles. The van der Waals surface area contributed by atoms with Gasteiger partial charge < -0.3 is 15.4 Å². The highest BCUT2D eigenvalue weighted by Gasteiger charge is 2.38. The van der Waals surface area contributed by atoms with Crippen molar-refractivity contribution in [3.8, 4) is 5.75 Å². The van der Waals surface area contributed by atoms with Crippen LogP contribution in [0.15, 0.2) is 48.7 Å². The maximum absolute atomic E-state index is 12.7. The van der Waals surface area contributed by atoms with Crippen molar-refractivity contribution in [1.82, 2.24) is 15.6 Å². The molecule has 1 aromatic heterocycles. The Morgan fingerprint density at radius 3 is 2.63 bits per heavy atom. The lowest BCUT2D eigenvalue weighted by atomic mass is 9.85. The van der Waals surface area contributed by atoms with Crippen molar-refractivity contribution in [3.05, 3.63) is 59.9 Å². The molecule has 4 rings (SSSR count). The molecule has 2 heterocycles. The molecule has 0 bridgehead atoms. The molecule has 5 heteroatoms. The number of aryl methyl sites for hydroxylation is 1. The van der Waals surface area contributed by atoms with E-state index in [0.29, 0.717) is 0 Å². The molecule has 2 aliphatic rings. The van der Waals surface area contributed by atoms with E-state index in [1.807, 2.05) is 37.3 Å². The lowest BCUT2D eigenvalue weighted by Gasteiger charge is -2.36. The fourth-order valence-corrected chi connectivity index (χ4v) is 3.81. The summed E-state index contributed by atoms with van der Waals surface area (Å²) in [6.07, 6.45) is 3.64. The van der Waals surface area contributed by atoms with Crippen molar-refractivity contribution in [3.63, 3.8) is 0 Å². The second-order valence-electron chi connectivity index (χ2n) is 7.33. The molecule has 2 fully saturated rings. The van der Waals surface area contributed by atoms with Gasteiger partial charge in [-0.2, -0.15) is 0 Å². The minimum absolute atomic E-state index is 0. The first-order valence-corrected chi connectivity index (χ1v) is 9.34. The van der Waals surface area contributed by atoms with E-state index in [1.165, 1.54) is 5.56 Å². The summed E-state index contributed by atoms with van der Waals surface area (Å²) < 4.78 is 5.91. The number of aromatic nitrogens is 1. The standard InChI is InChI=1S/C21H25N3O2.CH4/c1-14-7-8-17(11-23-14)26-18-9-16(10-18)24-21(25)20-13-22-12-19(20)15-5-3-2-4-6-15;/h2-8,11,16,18-20,22H,9-10,12-13H2,1H3,(H,24,25);1H4/t16?,18?,19-,20+;/m1./s1. The van der Waals surface area contributed by atoms with Crippen LogP contribution >= 0.6 is 0 Å². The van der Waals surface area contributed by atoms with Gasteiger partial charge in [0.15, 0.2) is 0 Å². The van der Waals surface area contributed by atoms with Crippen molar-refractivity contribution >= 4 is 5.91 Å². The van der Waals surface area contributed by atoms with Gasteiger partial charge >= 0.3 is 0 Å². The molecule has 144 valence electrons. The van der Waals surface area contributed by atoms with Gasteiger partial charge in [-0.25, -0.2) is 0 Å². The van der Waals surface area contributed by atoms with Crippen LogP contribution in [0.3, 0.4) is 0 Å². The van der Waals surface area contributed by atoms with E-state index in [1.54, 1.807) is 6.20 Å². The van der Waals surface area contributed by atoms with Crippen molar-refractivity contribution in [2.45, 2.75) is 45.3 Å². The number of carbonyl (C=O) groups is 1. The normalized spacial score (nSPS) is 26.6. The number of nitrogens with one attached hydrogen (secondary N) is 2. The first kappa shape index (κ1) is 19.4. The Balaban J connectivity index is 0.00000210. The van der Waals surface area contributed by atoms with Gasteiger partial charge in [0.05, 0.1) is 12.1 Å². The number of nitrogens with zero attached hydrogens (tertiary/aromatic N) is 1. The Labute approximate surface area is 161 Å². The minimum Gasteiger partial charge on any atom is -0.489 e. The number of benzene rings is 1. The predicted octanol–water partition coefficient (Wildman–Crippen LogP) is 3.06. The molecule has 0 radical (unpaired) electrons. The zero-order valence-electron chi connectivity index (χ0n) is 15.0. The van der Waals surface area contributed by atoms with Crippen LogP contribution in [-0.4, -0.2) is 36.1 Å². The number of ether oxygens (including phenoxy) is 1. The Morgan fingerprint density at radius 1 is 1.15 bits per heavy atom. The van der Waals surface area contributed by atoms with Crippen molar-refractivity contribution in [1.29, 1.82) is 0 Å². The molecule has 1 aromatic carbocycles. The summed E-state index contributed by atoms with van der Waals surface area (Å²) in [6.45, 7) is 3.56. The van der Waals surface area contributed by atoms with E-state index in [4.69, 9.17) is 4.74 Å². The van der Waals surface area contributed by atoms with E-state index in [-0.39, 0.29) is 37.3 Å². The zero-order chi connectivity index (χ0) is 17.9. The van der Waals surface area contributed by atoms with Gasteiger partial charge in [-0.15, -0.1) is 0 Å². The minimum atomic E-state index is -0.00123. The fraction of sp³-hybridized carbons (Fsp3) is 0.455. The van der Waals surface area contributed by atoms with E-state index < -0.39 is 0 Å². The fourth-order valence-electron chi connectivity index (χ4n) is 3.81. The largest absolute Gasteiger partial charge is 0.489 e. The molecule has 0 unspecified atom stereocenters. The Hall–Kier alpha value is -2.40. The Bertz CT molecular complexity index is 742. The second-order valence-corrected chi connectivity index (χ2v) is 7.33. The van der Waals surface area contributed by atoms with Crippen LogP contribution in [0.25, 0.3) is 0 Å². The second kappa shape index (κ2) is 8.53. The molecular formula is C22H29N3O2. The first-order chi connectivity index (χ1) is 12.7. The number of pyridine rings is 1. The molecule has 2 N–H and O–H groups in total. The number of carbonyl (C=O) groups excluding carboxylic acids is 1. The van der Waals surface area contributed by atoms with Gasteiger partial charge in [0.25, 0.3) is 0 Å². The number of amides is 1. The maximum atomic E-state index is 12.7. The topological polar surface area (TPSA) is 63.2 Å². The van der Waals surface area contributed by atoms with Crippen molar-refractivity contribution in [2.75, 3.05) is 13.1 Å². The summed E-state index contributed by atoms with van der Waals surface area (Å²) in [5.74, 6) is 1.21. The SMILES string of the molecule is C.Cc1ccc(OC2CC(NC(=O)[C@H]3CNC[C@@H]3c3ccccc3)C2)cn1. The molecule has 27 heavy (non-hydrogen) atoms. The Morgan fingerprint density at radius 2 is 1.93 bits per heavy atom. The molecule has 1 aliphatic carbocycles. The van der Waals surface area contributed by atoms with Crippen LogP contribution in [0.2, 0.25) is 0 Å². The maximum Gasteiger partial charge on any atom is 0.225 e. The average molecular weight is 367 g/mol. The molecule has 2 aromatic rings. The third kappa shape index (κ3) is 4.48. The molecule has 5 nitrogen and oxygen atoms in total. The number of hydrogen-bond acceptors (Lipinski definition) is 4. The van der Waals surface area contributed by atoms with Gasteiger partial charge in [0, 0.05) is 43.6 Å². The number of hydrogen-bond donors (Lipinski definition) is 2. The van der Waals surface area contributed by atoms with Crippen LogP contribution < -0.4 is 15.4 Å². The summed E-state index contributed by atoms with van der Waals surface area (Å²) in [6, 6.07) is 14.4. The molecule has 0 spiro atoms. The molecule has 1 amide bonds. The van der Waals surface area contributed by atoms with Gasteiger partial charge in [0.2, 0.25) is 5.91 Å². The molecular weight excluding hydrogens is 338 g/mol. The zero-order valence-corrected chi connectivity index (χ0v) is 15.0. The quantitative estimate of drug-likeness (QED) is 0.853. The monoisotopic (exact) mass is 367 g/mol. The van der Waals surface area contributed by atoms with Crippen molar-refractivity contribution in [2.24, 2.45) is 5.92 Å². The van der Waals surface area contributed by atoms with Gasteiger partial charge in [0.1, 0.15) is 11.9 Å². The first-order valence-electron chi connectivity index (χ1n) is 9.34. The summed E-state index contributed by atoms with van der Waals surface area (Å²) in [5.41, 5.74) is 2.22. The smallest absolute Gasteiger partial charge is 0.225 e. The van der Waals surface area contributed by atoms with E-state index in [2.05, 4.69) is 27.8 Å². The van der Waals surface area contributed by atoms with Gasteiger partial charge in [-0.05, 0) is 24.6 Å². The summed E-state index contributed by atoms with van der Waals surface area (Å²) in [4.78, 5) is 17.0. The lowest BCUT2D eigenvalue weighted by Crippen LogP contribution is -2.51. The van der Waals surface area contributed by atoms with Crippen LogP contribution in [0.4, 0.5) is 0 Å². The average Bonchev–Trinajstić information content (AvgIpc) is 3.12. The van der Waals surface area contributed by atoms with E-state index >= 15 is 0 Å². The third-order valence-corrected chi connectivity index (χ3v) is 5.41. The molecule has 1 saturated carbocycles. The Kier molecular flexibility index (Phi) is 6.11. The van der Waals surface area contributed by atoms with Gasteiger partial charge in [-0.3, -0.25) is 9.78 Å². The highest BCUT2D eigenvalue weighted by atomic mass is 16.5. The van der Waals surface area contributed by atoms with Crippen molar-refractivity contribution < 1.29 is 9.53 Å². The summed E-state index contributed by atoms with van der Waals surface area (Å²) in [5, 5.41) is 6.57. The summed E-state index contributed by atoms with van der Waals surface area (Å²) in [7, 11) is 0. The van der Waals surface area contributed by atoms with Gasteiger partial charge in [-0.1, -0.05) is 37.8 Å². The third-order valence-electron chi connectivity index (χ3n) is 5.41. The number of rotatable bonds is 5. The van der Waals surface area contributed by atoms with Crippen LogP contribution in [0.1, 0.15) is 37.4 Å². The highest BCUT2D eigenvalue weighted by Crippen LogP contribution is 2.30. The predicted molar refractivity (Wildman–Crippen MR) is 107 cm³/mol. The van der Waals surface area contributed by atoms with Crippen LogP contribution in [-0.2, 0) is 4.79 Å². The lowest BCUT2D eigenvalue weighted by molar-refractivity contribution is -0.126. The van der Waals surface area contributed by atoms with Crippen LogP contribution in [0, 0.1) is 12.8 Å². The highest BCUT2D eigenvalue weighted by molar-refractivity contribution is 5.81. The molecule has 1 aliphatic heterocycles. The van der Waals surface area contributed by atoms with E-state index in [9.17, 15) is 4.79 Å².